The van der Waals surface area contributed by atoms with Crippen LogP contribution in [0.3, 0.4) is 0 Å². The third-order valence-corrected chi connectivity index (χ3v) is 5.37. The monoisotopic (exact) mass is 457 g/mol. The van der Waals surface area contributed by atoms with Crippen LogP contribution in [-0.4, -0.2) is 33.6 Å². The molecule has 0 radical (unpaired) electrons. The Kier molecular flexibility index (Phi) is 6.56. The van der Waals surface area contributed by atoms with E-state index in [1.165, 1.54) is 16.8 Å². The van der Waals surface area contributed by atoms with Gasteiger partial charge < -0.3 is 15.9 Å². The van der Waals surface area contributed by atoms with Crippen LogP contribution in [0.25, 0.3) is 11.4 Å². The number of para-hydroxylation sites is 1. The number of anilines is 1. The average molecular weight is 459 g/mol. The Morgan fingerprint density at radius 2 is 1.89 bits per heavy atom. The highest BCUT2D eigenvalue weighted by atomic mass is 35.5. The van der Waals surface area contributed by atoms with E-state index in [0.717, 1.165) is 11.8 Å². The lowest BCUT2D eigenvalue weighted by molar-refractivity contribution is -0.113. The molecule has 0 aliphatic heterocycles. The van der Waals surface area contributed by atoms with Crippen LogP contribution in [0.15, 0.2) is 41.6 Å². The summed E-state index contributed by atoms with van der Waals surface area (Å²) in [5.74, 6) is 6.81. The number of rotatable bonds is 6. The van der Waals surface area contributed by atoms with Crippen molar-refractivity contribution in [3.63, 3.8) is 0 Å². The molecule has 3 rings (SSSR count). The number of aromatic nitrogens is 3. The lowest BCUT2D eigenvalue weighted by Gasteiger charge is -2.10. The molecule has 0 bridgehead atoms. The molecule has 0 atom stereocenters. The number of amides is 1. The van der Waals surface area contributed by atoms with Crippen LogP contribution in [0.1, 0.15) is 0 Å². The largest absolute Gasteiger partial charge is 0.496 e. The van der Waals surface area contributed by atoms with E-state index >= 15 is 0 Å². The van der Waals surface area contributed by atoms with E-state index in [9.17, 15) is 4.79 Å². The molecule has 28 heavy (non-hydrogen) atoms. The molecule has 3 N–H and O–H groups in total. The van der Waals surface area contributed by atoms with E-state index in [2.05, 4.69) is 15.5 Å². The van der Waals surface area contributed by atoms with Crippen LogP contribution in [0.5, 0.6) is 5.75 Å². The third kappa shape index (κ3) is 4.47. The number of carbonyl (C=O) groups excluding carboxylic acids is 1. The van der Waals surface area contributed by atoms with Crippen LogP contribution in [0.2, 0.25) is 15.1 Å². The fraction of sp³-hybridized carbons (Fsp3) is 0.118. The summed E-state index contributed by atoms with van der Waals surface area (Å²) in [5.41, 5.74) is 0.985. The van der Waals surface area contributed by atoms with Gasteiger partial charge in [-0.05, 0) is 24.3 Å². The Hall–Kier alpha value is -2.13. The number of nitrogens with one attached hydrogen (secondary N) is 1. The summed E-state index contributed by atoms with van der Waals surface area (Å²) < 4.78 is 6.62. The zero-order valence-electron chi connectivity index (χ0n) is 14.4. The maximum atomic E-state index is 12.3. The number of ether oxygens (including phenoxy) is 1. The van der Waals surface area contributed by atoms with Crippen molar-refractivity contribution in [3.8, 4) is 17.1 Å². The highest BCUT2D eigenvalue weighted by Crippen LogP contribution is 2.34. The van der Waals surface area contributed by atoms with Crippen molar-refractivity contribution in [1.29, 1.82) is 0 Å². The lowest BCUT2D eigenvalue weighted by atomic mass is 10.2. The summed E-state index contributed by atoms with van der Waals surface area (Å²) in [7, 11) is 1.56. The summed E-state index contributed by atoms with van der Waals surface area (Å²) in [4.78, 5) is 12.3. The first-order chi connectivity index (χ1) is 13.4. The molecule has 11 heteroatoms. The smallest absolute Gasteiger partial charge is 0.234 e. The Bertz CT molecular complexity index is 1000. The van der Waals surface area contributed by atoms with Gasteiger partial charge in [0.05, 0.1) is 34.2 Å². The number of nitrogen functional groups attached to an aromatic ring is 1. The average Bonchev–Trinajstić information content (AvgIpc) is 3.03. The molecule has 1 amide bonds. The first-order valence-electron chi connectivity index (χ1n) is 7.81. The first kappa shape index (κ1) is 20.6. The van der Waals surface area contributed by atoms with Crippen molar-refractivity contribution in [3.05, 3.63) is 51.5 Å². The molecule has 0 aliphatic carbocycles. The van der Waals surface area contributed by atoms with Gasteiger partial charge in [-0.25, -0.2) is 4.68 Å². The van der Waals surface area contributed by atoms with Crippen LogP contribution >= 0.6 is 46.6 Å². The summed E-state index contributed by atoms with van der Waals surface area (Å²) >= 11 is 19.1. The van der Waals surface area contributed by atoms with Crippen LogP contribution in [0, 0.1) is 0 Å². The van der Waals surface area contributed by atoms with E-state index in [-0.39, 0.29) is 21.7 Å². The molecule has 1 aromatic heterocycles. The molecular weight excluding hydrogens is 445 g/mol. The summed E-state index contributed by atoms with van der Waals surface area (Å²) in [6.07, 6.45) is 0. The highest BCUT2D eigenvalue weighted by Gasteiger charge is 2.17. The lowest BCUT2D eigenvalue weighted by Crippen LogP contribution is -2.17. The molecular formula is C17H14Cl3N5O2S. The predicted molar refractivity (Wildman–Crippen MR) is 113 cm³/mol. The molecule has 3 aromatic rings. The minimum absolute atomic E-state index is 0.0243. The Labute approximate surface area is 180 Å². The molecule has 0 fully saturated rings. The number of carbonyl (C=O) groups is 1. The van der Waals surface area contributed by atoms with Gasteiger partial charge in [0, 0.05) is 5.02 Å². The number of thioether (sulfide) groups is 1. The van der Waals surface area contributed by atoms with Crippen LogP contribution in [-0.2, 0) is 4.79 Å². The summed E-state index contributed by atoms with van der Waals surface area (Å²) in [6.45, 7) is 0. The second kappa shape index (κ2) is 8.91. The van der Waals surface area contributed by atoms with Gasteiger partial charge in [0.1, 0.15) is 5.75 Å². The Morgan fingerprint density at radius 3 is 2.57 bits per heavy atom. The van der Waals surface area contributed by atoms with E-state index in [4.69, 9.17) is 45.4 Å². The van der Waals surface area contributed by atoms with Crippen molar-refractivity contribution >= 4 is 58.2 Å². The van der Waals surface area contributed by atoms with Gasteiger partial charge in [-0.3, -0.25) is 4.79 Å². The van der Waals surface area contributed by atoms with E-state index < -0.39 is 0 Å². The molecule has 146 valence electrons. The Balaban J connectivity index is 1.71. The predicted octanol–water partition coefficient (Wildman–Crippen LogP) is 4.36. The number of hydrogen-bond acceptors (Lipinski definition) is 6. The number of nitrogens with two attached hydrogens (primary N) is 1. The van der Waals surface area contributed by atoms with Crippen molar-refractivity contribution in [2.45, 2.75) is 5.16 Å². The van der Waals surface area contributed by atoms with Crippen molar-refractivity contribution in [1.82, 2.24) is 14.9 Å². The highest BCUT2D eigenvalue weighted by molar-refractivity contribution is 7.99. The number of halogens is 3. The third-order valence-electron chi connectivity index (χ3n) is 3.62. The van der Waals surface area contributed by atoms with Crippen LogP contribution in [0.4, 0.5) is 5.69 Å². The molecule has 0 saturated carbocycles. The topological polar surface area (TPSA) is 95.1 Å². The second-order valence-electron chi connectivity index (χ2n) is 5.46. The number of benzene rings is 2. The molecule has 1 heterocycles. The number of methoxy groups -OCH3 is 1. The van der Waals surface area contributed by atoms with E-state index in [0.29, 0.717) is 33.0 Å². The molecule has 0 unspecified atom stereocenters. The number of hydrogen-bond donors (Lipinski definition) is 2. The molecule has 0 spiro atoms. The maximum Gasteiger partial charge on any atom is 0.234 e. The van der Waals surface area contributed by atoms with E-state index in [1.807, 2.05) is 18.2 Å². The molecule has 0 saturated heterocycles. The quantitative estimate of drug-likeness (QED) is 0.421. The van der Waals surface area contributed by atoms with Gasteiger partial charge in [-0.2, -0.15) is 0 Å². The van der Waals surface area contributed by atoms with Crippen molar-refractivity contribution < 1.29 is 9.53 Å². The SMILES string of the molecule is COc1ccccc1-c1nnc(SCC(=O)Nc2c(Cl)cc(Cl)cc2Cl)n1N. The van der Waals surface area contributed by atoms with E-state index in [1.54, 1.807) is 13.2 Å². The fourth-order valence-electron chi connectivity index (χ4n) is 2.36. The standard InChI is InChI=1S/C17H14Cl3N5O2S/c1-27-13-5-3-2-4-10(13)16-23-24-17(25(16)21)28-8-14(26)22-15-11(19)6-9(18)7-12(15)20/h2-7H,8,21H2,1H3,(H,22,26). The van der Waals surface area contributed by atoms with Crippen molar-refractivity contribution in [2.24, 2.45) is 0 Å². The van der Waals surface area contributed by atoms with Gasteiger partial charge >= 0.3 is 0 Å². The minimum Gasteiger partial charge on any atom is -0.496 e. The zero-order chi connectivity index (χ0) is 20.3. The summed E-state index contributed by atoms with van der Waals surface area (Å²) in [5, 5.41) is 12.0. The first-order valence-corrected chi connectivity index (χ1v) is 9.93. The summed E-state index contributed by atoms with van der Waals surface area (Å²) in [6, 6.07) is 10.3. The Morgan fingerprint density at radius 1 is 1.21 bits per heavy atom. The number of nitrogens with zero attached hydrogens (tertiary/aromatic N) is 3. The minimum atomic E-state index is -0.335. The van der Waals surface area contributed by atoms with Gasteiger partial charge in [0.2, 0.25) is 11.1 Å². The van der Waals surface area contributed by atoms with Gasteiger partial charge in [-0.15, -0.1) is 10.2 Å². The van der Waals surface area contributed by atoms with Gasteiger partial charge in [0.15, 0.2) is 5.82 Å². The fourth-order valence-corrected chi connectivity index (χ4v) is 3.92. The normalized spacial score (nSPS) is 10.7. The molecule has 2 aromatic carbocycles. The molecule has 0 aliphatic rings. The van der Waals surface area contributed by atoms with Crippen molar-refractivity contribution in [2.75, 3.05) is 24.0 Å². The van der Waals surface area contributed by atoms with Gasteiger partial charge in [0.25, 0.3) is 0 Å². The maximum absolute atomic E-state index is 12.3. The zero-order valence-corrected chi connectivity index (χ0v) is 17.5. The second-order valence-corrected chi connectivity index (χ2v) is 7.65. The van der Waals surface area contributed by atoms with Crippen LogP contribution < -0.4 is 15.9 Å². The molecule has 7 nitrogen and oxygen atoms in total. The van der Waals surface area contributed by atoms with Gasteiger partial charge in [-0.1, -0.05) is 58.7 Å².